The van der Waals surface area contributed by atoms with Crippen molar-refractivity contribution in [2.75, 3.05) is 13.1 Å². The van der Waals surface area contributed by atoms with E-state index in [0.29, 0.717) is 0 Å². The number of nitrogens with zero attached hydrogens (tertiary/aromatic N) is 2. The van der Waals surface area contributed by atoms with Crippen LogP contribution in [0, 0.1) is 0 Å². The normalized spacial score (nSPS) is 8.22. The molecule has 0 aliphatic carbocycles. The second-order valence-electron chi connectivity index (χ2n) is 1.86. The molecule has 0 aromatic heterocycles. The summed E-state index contributed by atoms with van der Waals surface area (Å²) in [5, 5.41) is 0. The fraction of sp³-hybridized carbons (Fsp3) is 0.857. The number of aliphatic imine (C=N–C) groups is 2. The Balaban J connectivity index is 3.18. The van der Waals surface area contributed by atoms with E-state index in [1.807, 2.05) is 0 Å². The zero-order valence-corrected chi connectivity index (χ0v) is 6.22. The molecule has 0 aliphatic rings. The molecule has 2 nitrogen and oxygen atoms in total. The van der Waals surface area contributed by atoms with E-state index in [-0.39, 0.29) is 0 Å². The summed E-state index contributed by atoms with van der Waals surface area (Å²) in [6.07, 6.45) is 2.16. The second kappa shape index (κ2) is 7.38. The molecule has 0 saturated heterocycles. The van der Waals surface area contributed by atoms with Gasteiger partial charge in [-0.2, -0.15) is 0 Å². The van der Waals surface area contributed by atoms with E-state index in [1.54, 1.807) is 0 Å². The molecule has 0 bridgehead atoms. The number of hydrogen-bond donors (Lipinski definition) is 0. The quantitative estimate of drug-likeness (QED) is 0.514. The minimum Gasteiger partial charge on any atom is -0.226 e. The first-order chi connectivity index (χ1) is 4.41. The molecule has 0 fully saturated rings. The highest BCUT2D eigenvalue weighted by Crippen LogP contribution is 1.75. The Kier molecular flexibility index (Phi) is 6.87. The van der Waals surface area contributed by atoms with Gasteiger partial charge in [0, 0.05) is 13.1 Å². The minimum absolute atomic E-state index is 0.854. The van der Waals surface area contributed by atoms with Gasteiger partial charge in [-0.25, -0.2) is 9.98 Å². The molecule has 0 N–H and O–H groups in total. The zero-order valence-electron chi connectivity index (χ0n) is 6.22. The van der Waals surface area contributed by atoms with E-state index in [0.717, 1.165) is 25.9 Å². The Labute approximate surface area is 56.7 Å². The SMILES string of the molecule is CCCN=C=NCCC. The Morgan fingerprint density at radius 3 is 1.78 bits per heavy atom. The van der Waals surface area contributed by atoms with E-state index in [4.69, 9.17) is 0 Å². The molecular weight excluding hydrogens is 112 g/mol. The molecule has 0 rings (SSSR count). The van der Waals surface area contributed by atoms with Crippen LogP contribution in [0.3, 0.4) is 0 Å². The van der Waals surface area contributed by atoms with Gasteiger partial charge in [0.1, 0.15) is 0 Å². The highest BCUT2D eigenvalue weighted by molar-refractivity contribution is 5.40. The highest BCUT2D eigenvalue weighted by atomic mass is 14.8. The summed E-state index contributed by atoms with van der Waals surface area (Å²) < 4.78 is 0. The molecule has 0 aromatic rings. The standard InChI is InChI=1S/C7H14N2/c1-3-5-8-7-9-6-4-2/h3-6H2,1-2H3. The molecule has 0 spiro atoms. The lowest BCUT2D eigenvalue weighted by molar-refractivity contribution is 0.918. The van der Waals surface area contributed by atoms with Crippen LogP contribution in [0.1, 0.15) is 26.7 Å². The lowest BCUT2D eigenvalue weighted by Gasteiger charge is -1.78. The van der Waals surface area contributed by atoms with E-state index >= 15 is 0 Å². The smallest absolute Gasteiger partial charge is 0.0892 e. The van der Waals surface area contributed by atoms with Gasteiger partial charge in [-0.15, -0.1) is 0 Å². The van der Waals surface area contributed by atoms with Crippen molar-refractivity contribution in [3.05, 3.63) is 0 Å². The summed E-state index contributed by atoms with van der Waals surface area (Å²) in [6, 6.07) is 2.64. The minimum atomic E-state index is 0.854. The van der Waals surface area contributed by atoms with E-state index < -0.39 is 0 Å². The lowest BCUT2D eigenvalue weighted by atomic mass is 10.5. The molecule has 0 atom stereocenters. The molecule has 0 amide bonds. The lowest BCUT2D eigenvalue weighted by Crippen LogP contribution is -1.74. The summed E-state index contributed by atoms with van der Waals surface area (Å²) in [6.45, 7) is 5.89. The molecule has 0 radical (unpaired) electrons. The van der Waals surface area contributed by atoms with Crippen LogP contribution in [0.2, 0.25) is 0 Å². The van der Waals surface area contributed by atoms with E-state index in [1.165, 1.54) is 0 Å². The Hall–Kier alpha value is -0.620. The predicted octanol–water partition coefficient (Wildman–Crippen LogP) is 1.98. The number of rotatable bonds is 4. The van der Waals surface area contributed by atoms with Gasteiger partial charge >= 0.3 is 0 Å². The van der Waals surface area contributed by atoms with Gasteiger partial charge in [-0.05, 0) is 12.8 Å². The van der Waals surface area contributed by atoms with Crippen molar-refractivity contribution in [1.82, 2.24) is 0 Å². The monoisotopic (exact) mass is 126 g/mol. The van der Waals surface area contributed by atoms with Gasteiger partial charge in [0.15, 0.2) is 0 Å². The van der Waals surface area contributed by atoms with Crippen molar-refractivity contribution in [1.29, 1.82) is 0 Å². The molecule has 0 heterocycles. The van der Waals surface area contributed by atoms with Crippen molar-refractivity contribution in [3.63, 3.8) is 0 Å². The third kappa shape index (κ3) is 7.38. The van der Waals surface area contributed by atoms with Gasteiger partial charge < -0.3 is 0 Å². The Bertz CT molecular complexity index is 91.5. The molecule has 52 valence electrons. The Morgan fingerprint density at radius 2 is 1.44 bits per heavy atom. The van der Waals surface area contributed by atoms with Gasteiger partial charge in [0.05, 0.1) is 6.01 Å². The summed E-state index contributed by atoms with van der Waals surface area (Å²) in [5.41, 5.74) is 0. The van der Waals surface area contributed by atoms with Gasteiger partial charge in [0.25, 0.3) is 0 Å². The molecule has 2 heteroatoms. The van der Waals surface area contributed by atoms with Crippen molar-refractivity contribution in [2.24, 2.45) is 9.98 Å². The molecule has 9 heavy (non-hydrogen) atoms. The van der Waals surface area contributed by atoms with E-state index in [2.05, 4.69) is 29.8 Å². The van der Waals surface area contributed by atoms with Crippen molar-refractivity contribution in [3.8, 4) is 0 Å². The third-order valence-corrected chi connectivity index (χ3v) is 0.812. The van der Waals surface area contributed by atoms with Gasteiger partial charge in [-0.3, -0.25) is 0 Å². The molecule has 0 aromatic carbocycles. The number of hydrogen-bond acceptors (Lipinski definition) is 2. The van der Waals surface area contributed by atoms with Crippen LogP contribution in [0.25, 0.3) is 0 Å². The van der Waals surface area contributed by atoms with Gasteiger partial charge in [-0.1, -0.05) is 13.8 Å². The largest absolute Gasteiger partial charge is 0.226 e. The van der Waals surface area contributed by atoms with Crippen LogP contribution in [-0.2, 0) is 0 Å². The highest BCUT2D eigenvalue weighted by Gasteiger charge is 1.70. The predicted molar refractivity (Wildman–Crippen MR) is 40.2 cm³/mol. The maximum Gasteiger partial charge on any atom is 0.0892 e. The summed E-state index contributed by atoms with van der Waals surface area (Å²) in [5.74, 6) is 0. The first kappa shape index (κ1) is 8.38. The third-order valence-electron chi connectivity index (χ3n) is 0.812. The van der Waals surface area contributed by atoms with Crippen LogP contribution < -0.4 is 0 Å². The topological polar surface area (TPSA) is 24.7 Å². The molecular formula is C7H14N2. The summed E-state index contributed by atoms with van der Waals surface area (Å²) >= 11 is 0. The van der Waals surface area contributed by atoms with Crippen molar-refractivity contribution >= 4 is 6.01 Å². The maximum absolute atomic E-state index is 3.91. The average molecular weight is 126 g/mol. The van der Waals surface area contributed by atoms with Crippen LogP contribution in [0.5, 0.6) is 0 Å². The second-order valence-corrected chi connectivity index (χ2v) is 1.86. The fourth-order valence-corrected chi connectivity index (χ4v) is 0.374. The van der Waals surface area contributed by atoms with Crippen LogP contribution in [-0.4, -0.2) is 19.1 Å². The molecule has 0 aliphatic heterocycles. The van der Waals surface area contributed by atoms with Crippen LogP contribution >= 0.6 is 0 Å². The maximum atomic E-state index is 3.91. The average Bonchev–Trinajstić information content (AvgIpc) is 1.89. The zero-order chi connectivity index (χ0) is 6.95. The van der Waals surface area contributed by atoms with Crippen LogP contribution in [0.4, 0.5) is 0 Å². The van der Waals surface area contributed by atoms with Gasteiger partial charge in [0.2, 0.25) is 0 Å². The fourth-order valence-electron chi connectivity index (χ4n) is 0.374. The first-order valence-electron chi connectivity index (χ1n) is 3.49. The van der Waals surface area contributed by atoms with Crippen LogP contribution in [0.15, 0.2) is 9.98 Å². The van der Waals surface area contributed by atoms with Crippen molar-refractivity contribution in [2.45, 2.75) is 26.7 Å². The first-order valence-corrected chi connectivity index (χ1v) is 3.49. The molecule has 0 saturated carbocycles. The summed E-state index contributed by atoms with van der Waals surface area (Å²) in [7, 11) is 0. The van der Waals surface area contributed by atoms with E-state index in [9.17, 15) is 0 Å². The van der Waals surface area contributed by atoms with Crippen molar-refractivity contribution < 1.29 is 0 Å². The molecule has 0 unspecified atom stereocenters. The Morgan fingerprint density at radius 1 is 1.00 bits per heavy atom. The summed E-state index contributed by atoms with van der Waals surface area (Å²) in [4.78, 5) is 7.82.